The Labute approximate surface area is 124 Å². The molecule has 0 unspecified atom stereocenters. The maximum Gasteiger partial charge on any atom is 0.261 e. The minimum Gasteiger partial charge on any atom is -0.494 e. The Morgan fingerprint density at radius 3 is 2.74 bits per heavy atom. The normalized spacial score (nSPS) is 10.3. The van der Waals surface area contributed by atoms with E-state index >= 15 is 0 Å². The van der Waals surface area contributed by atoms with Crippen molar-refractivity contribution < 1.29 is 9.53 Å². The van der Waals surface area contributed by atoms with Crippen LogP contribution in [0.3, 0.4) is 0 Å². The number of nitrogens with one attached hydrogen (secondary N) is 1. The van der Waals surface area contributed by atoms with E-state index in [0.29, 0.717) is 10.2 Å². The van der Waals surface area contributed by atoms with Crippen LogP contribution in [0.2, 0.25) is 10.0 Å². The summed E-state index contributed by atoms with van der Waals surface area (Å²) >= 11 is 13.2. The van der Waals surface area contributed by atoms with Crippen LogP contribution in [0.15, 0.2) is 17.5 Å². The van der Waals surface area contributed by atoms with E-state index in [4.69, 9.17) is 27.9 Å². The summed E-state index contributed by atoms with van der Waals surface area (Å²) in [4.78, 5) is 16.3. The molecule has 1 aromatic carbocycles. The number of thiazole rings is 1. The number of anilines is 1. The van der Waals surface area contributed by atoms with Crippen LogP contribution in [0.4, 0.5) is 5.13 Å². The van der Waals surface area contributed by atoms with Crippen LogP contribution in [-0.2, 0) is 0 Å². The third-order valence-corrected chi connectivity index (χ3v) is 3.67. The SMILES string of the molecule is COc1c(Cl)cc(Cl)cc1C(=O)Nc1nc(C)cs1. The number of carbonyl (C=O) groups is 1. The van der Waals surface area contributed by atoms with Gasteiger partial charge < -0.3 is 4.74 Å². The number of rotatable bonds is 3. The van der Waals surface area contributed by atoms with Gasteiger partial charge in [0.1, 0.15) is 5.75 Å². The molecule has 1 aromatic heterocycles. The largest absolute Gasteiger partial charge is 0.494 e. The molecule has 1 amide bonds. The fraction of sp³-hybridized carbons (Fsp3) is 0.167. The lowest BCUT2D eigenvalue weighted by Gasteiger charge is -2.10. The van der Waals surface area contributed by atoms with E-state index in [1.807, 2.05) is 12.3 Å². The number of hydrogen-bond acceptors (Lipinski definition) is 4. The smallest absolute Gasteiger partial charge is 0.261 e. The van der Waals surface area contributed by atoms with E-state index < -0.39 is 0 Å². The van der Waals surface area contributed by atoms with E-state index in [1.165, 1.54) is 30.6 Å². The molecule has 1 N–H and O–H groups in total. The molecule has 0 aliphatic rings. The first-order valence-electron chi connectivity index (χ1n) is 5.27. The third kappa shape index (κ3) is 3.18. The Bertz CT molecular complexity index is 628. The summed E-state index contributed by atoms with van der Waals surface area (Å²) in [7, 11) is 1.44. The number of nitrogens with zero attached hydrogens (tertiary/aromatic N) is 1. The number of benzene rings is 1. The summed E-state index contributed by atoms with van der Waals surface area (Å²) in [6.07, 6.45) is 0. The number of amides is 1. The highest BCUT2D eigenvalue weighted by Gasteiger charge is 2.17. The van der Waals surface area contributed by atoms with Gasteiger partial charge in [-0.3, -0.25) is 10.1 Å². The zero-order valence-corrected chi connectivity index (χ0v) is 12.5. The summed E-state index contributed by atoms with van der Waals surface area (Å²) < 4.78 is 5.13. The van der Waals surface area contributed by atoms with Crippen molar-refractivity contribution in [2.75, 3.05) is 12.4 Å². The maximum absolute atomic E-state index is 12.2. The molecule has 0 saturated heterocycles. The molecule has 0 aliphatic heterocycles. The number of ether oxygens (including phenoxy) is 1. The zero-order chi connectivity index (χ0) is 14.0. The molecule has 0 atom stereocenters. The van der Waals surface area contributed by atoms with Gasteiger partial charge in [0.15, 0.2) is 5.13 Å². The van der Waals surface area contributed by atoms with Crippen LogP contribution in [0.1, 0.15) is 16.1 Å². The van der Waals surface area contributed by atoms with Crippen molar-refractivity contribution in [3.8, 4) is 5.75 Å². The highest BCUT2D eigenvalue weighted by molar-refractivity contribution is 7.13. The molecule has 0 aliphatic carbocycles. The van der Waals surface area contributed by atoms with Crippen LogP contribution in [0, 0.1) is 6.92 Å². The van der Waals surface area contributed by atoms with Crippen LogP contribution >= 0.6 is 34.5 Å². The van der Waals surface area contributed by atoms with Crippen LogP contribution in [0.5, 0.6) is 5.75 Å². The number of carbonyl (C=O) groups excluding carboxylic acids is 1. The molecule has 0 radical (unpaired) electrons. The lowest BCUT2D eigenvalue weighted by molar-refractivity contribution is 0.102. The number of halogens is 2. The van der Waals surface area contributed by atoms with Gasteiger partial charge in [-0.25, -0.2) is 4.98 Å². The minimum absolute atomic E-state index is 0.271. The predicted molar refractivity (Wildman–Crippen MR) is 77.8 cm³/mol. The lowest BCUT2D eigenvalue weighted by Crippen LogP contribution is -2.13. The Morgan fingerprint density at radius 1 is 1.42 bits per heavy atom. The predicted octanol–water partition coefficient (Wildman–Crippen LogP) is 4.02. The van der Waals surface area contributed by atoms with Gasteiger partial charge in [0.2, 0.25) is 0 Å². The standard InChI is InChI=1S/C12H10Cl2N2O2S/c1-6-5-19-12(15-6)16-11(17)8-3-7(13)4-9(14)10(8)18-2/h3-5H,1-2H3,(H,15,16,17). The number of methoxy groups -OCH3 is 1. The van der Waals surface area contributed by atoms with Crippen LogP contribution in [0.25, 0.3) is 0 Å². The molecule has 0 fully saturated rings. The first-order valence-corrected chi connectivity index (χ1v) is 6.91. The van der Waals surface area contributed by atoms with Crippen LogP contribution in [-0.4, -0.2) is 18.0 Å². The number of aromatic nitrogens is 1. The van der Waals surface area contributed by atoms with Crippen molar-refractivity contribution in [1.82, 2.24) is 4.98 Å². The second-order valence-corrected chi connectivity index (χ2v) is 5.42. The topological polar surface area (TPSA) is 51.2 Å². The van der Waals surface area contributed by atoms with Crippen molar-refractivity contribution >= 4 is 45.6 Å². The summed E-state index contributed by atoms with van der Waals surface area (Å²) in [5.41, 5.74) is 1.12. The average molecular weight is 317 g/mol. The molecular formula is C12H10Cl2N2O2S. The zero-order valence-electron chi connectivity index (χ0n) is 10.2. The van der Waals surface area contributed by atoms with Crippen molar-refractivity contribution in [2.45, 2.75) is 6.92 Å². The van der Waals surface area contributed by atoms with Gasteiger partial charge in [-0.2, -0.15) is 0 Å². The summed E-state index contributed by atoms with van der Waals surface area (Å²) in [5.74, 6) is -0.0764. The molecule has 100 valence electrons. The van der Waals surface area contributed by atoms with Gasteiger partial charge in [-0.1, -0.05) is 23.2 Å². The molecule has 0 saturated carbocycles. The van der Waals surface area contributed by atoms with Crippen molar-refractivity contribution in [3.63, 3.8) is 0 Å². The Kier molecular flexibility index (Phi) is 4.29. The summed E-state index contributed by atoms with van der Waals surface area (Å²) in [6.45, 7) is 1.85. The van der Waals surface area contributed by atoms with Crippen LogP contribution < -0.4 is 10.1 Å². The summed E-state index contributed by atoms with van der Waals surface area (Å²) in [5, 5.41) is 5.69. The number of hydrogen-bond donors (Lipinski definition) is 1. The molecule has 4 nitrogen and oxygen atoms in total. The lowest BCUT2D eigenvalue weighted by atomic mass is 10.2. The maximum atomic E-state index is 12.2. The van der Waals surface area contributed by atoms with Crippen molar-refractivity contribution in [3.05, 3.63) is 38.8 Å². The Morgan fingerprint density at radius 2 is 2.16 bits per heavy atom. The molecule has 19 heavy (non-hydrogen) atoms. The first kappa shape index (κ1) is 14.1. The van der Waals surface area contributed by atoms with Crippen molar-refractivity contribution in [1.29, 1.82) is 0 Å². The van der Waals surface area contributed by atoms with Gasteiger partial charge >= 0.3 is 0 Å². The highest BCUT2D eigenvalue weighted by atomic mass is 35.5. The molecule has 7 heteroatoms. The van der Waals surface area contributed by atoms with E-state index in [2.05, 4.69) is 10.3 Å². The average Bonchev–Trinajstić information content (AvgIpc) is 2.73. The molecule has 2 aromatic rings. The second-order valence-electron chi connectivity index (χ2n) is 3.72. The van der Waals surface area contributed by atoms with E-state index in [0.717, 1.165) is 5.69 Å². The number of aryl methyl sites for hydroxylation is 1. The fourth-order valence-electron chi connectivity index (χ4n) is 1.51. The first-order chi connectivity index (χ1) is 9.01. The van der Waals surface area contributed by atoms with Gasteiger partial charge in [0.25, 0.3) is 5.91 Å². The van der Waals surface area contributed by atoms with Crippen molar-refractivity contribution in [2.24, 2.45) is 0 Å². The molecule has 0 spiro atoms. The molecule has 2 rings (SSSR count). The monoisotopic (exact) mass is 316 g/mol. The second kappa shape index (κ2) is 5.77. The molecule has 0 bridgehead atoms. The van der Waals surface area contributed by atoms with E-state index in [9.17, 15) is 4.79 Å². The van der Waals surface area contributed by atoms with E-state index in [-0.39, 0.29) is 22.2 Å². The summed E-state index contributed by atoms with van der Waals surface area (Å²) in [6, 6.07) is 3.02. The Hall–Kier alpha value is -1.30. The Balaban J connectivity index is 2.33. The van der Waals surface area contributed by atoms with Gasteiger partial charge in [-0.15, -0.1) is 11.3 Å². The van der Waals surface area contributed by atoms with Gasteiger partial charge in [0, 0.05) is 10.4 Å². The van der Waals surface area contributed by atoms with Gasteiger partial charge in [-0.05, 0) is 19.1 Å². The highest BCUT2D eigenvalue weighted by Crippen LogP contribution is 2.32. The fourth-order valence-corrected chi connectivity index (χ4v) is 2.77. The third-order valence-electron chi connectivity index (χ3n) is 2.30. The quantitative estimate of drug-likeness (QED) is 0.930. The molecule has 1 heterocycles. The van der Waals surface area contributed by atoms with Gasteiger partial charge in [0.05, 0.1) is 23.4 Å². The molecular weight excluding hydrogens is 307 g/mol. The minimum atomic E-state index is -0.365. The van der Waals surface area contributed by atoms with E-state index in [1.54, 1.807) is 0 Å².